The van der Waals surface area contributed by atoms with Crippen LogP contribution < -0.4 is 4.90 Å². The van der Waals surface area contributed by atoms with Crippen molar-refractivity contribution in [2.75, 3.05) is 11.4 Å². The zero-order valence-electron chi connectivity index (χ0n) is 11.2. The molecule has 1 aromatic heterocycles. The molecule has 0 fully saturated rings. The summed E-state index contributed by atoms with van der Waals surface area (Å²) in [7, 11) is 0. The van der Waals surface area contributed by atoms with Crippen molar-refractivity contribution in [1.29, 1.82) is 0 Å². The number of halogens is 1. The first-order valence-corrected chi connectivity index (χ1v) is 6.74. The summed E-state index contributed by atoms with van der Waals surface area (Å²) in [6, 6.07) is 9.99. The van der Waals surface area contributed by atoms with Crippen LogP contribution in [0.5, 0.6) is 0 Å². The van der Waals surface area contributed by atoms with Gasteiger partial charge in [-0.3, -0.25) is 9.59 Å². The number of hydrogen-bond acceptors (Lipinski definition) is 3. The van der Waals surface area contributed by atoms with Gasteiger partial charge in [-0.25, -0.2) is 0 Å². The molecule has 21 heavy (non-hydrogen) atoms. The van der Waals surface area contributed by atoms with Crippen molar-refractivity contribution in [3.8, 4) is 0 Å². The molecule has 0 aliphatic carbocycles. The second kappa shape index (κ2) is 6.95. The van der Waals surface area contributed by atoms with Crippen LogP contribution in [-0.2, 0) is 16.0 Å². The highest BCUT2D eigenvalue weighted by molar-refractivity contribution is 6.30. The Hall–Kier alpha value is -2.27. The monoisotopic (exact) mass is 307 g/mol. The van der Waals surface area contributed by atoms with E-state index in [1.54, 1.807) is 36.4 Å². The molecule has 0 aliphatic heterocycles. The van der Waals surface area contributed by atoms with Gasteiger partial charge in [-0.05, 0) is 36.4 Å². The van der Waals surface area contributed by atoms with E-state index in [4.69, 9.17) is 21.1 Å². The van der Waals surface area contributed by atoms with Crippen LogP contribution in [0.4, 0.5) is 5.69 Å². The Balaban J connectivity index is 2.09. The van der Waals surface area contributed by atoms with Crippen molar-refractivity contribution in [3.05, 3.63) is 53.4 Å². The molecule has 0 bridgehead atoms. The van der Waals surface area contributed by atoms with Crippen LogP contribution in [0.1, 0.15) is 12.2 Å². The molecule has 1 amide bonds. The summed E-state index contributed by atoms with van der Waals surface area (Å²) in [5.41, 5.74) is 0.506. The fourth-order valence-electron chi connectivity index (χ4n) is 1.90. The van der Waals surface area contributed by atoms with Crippen LogP contribution in [0.15, 0.2) is 47.1 Å². The van der Waals surface area contributed by atoms with Gasteiger partial charge < -0.3 is 14.4 Å². The number of benzene rings is 1. The molecule has 6 heteroatoms. The quantitative estimate of drug-likeness (QED) is 0.890. The number of nitrogens with zero attached hydrogens (tertiary/aromatic N) is 1. The fourth-order valence-corrected chi connectivity index (χ4v) is 2.03. The number of anilines is 1. The van der Waals surface area contributed by atoms with Crippen molar-refractivity contribution in [1.82, 2.24) is 0 Å². The first-order chi connectivity index (χ1) is 10.1. The minimum absolute atomic E-state index is 0.170. The zero-order valence-corrected chi connectivity index (χ0v) is 11.9. The Bertz CT molecular complexity index is 607. The minimum Gasteiger partial charge on any atom is -0.480 e. The SMILES string of the molecule is O=C(O)CN(C(=O)CCc1ccco1)c1ccc(Cl)cc1. The predicted molar refractivity (Wildman–Crippen MR) is 78.5 cm³/mol. The lowest BCUT2D eigenvalue weighted by Gasteiger charge is -2.20. The average Bonchev–Trinajstić information content (AvgIpc) is 2.96. The van der Waals surface area contributed by atoms with E-state index in [2.05, 4.69) is 0 Å². The summed E-state index contributed by atoms with van der Waals surface area (Å²) in [4.78, 5) is 24.4. The number of aliphatic carboxylic acids is 1. The molecule has 5 nitrogen and oxygen atoms in total. The molecule has 0 saturated carbocycles. The molecule has 0 radical (unpaired) electrons. The lowest BCUT2D eigenvalue weighted by Crippen LogP contribution is -2.35. The molecule has 0 atom stereocenters. The van der Waals surface area contributed by atoms with E-state index in [9.17, 15) is 9.59 Å². The predicted octanol–water partition coefficient (Wildman–Crippen LogP) is 2.98. The minimum atomic E-state index is -1.07. The van der Waals surface area contributed by atoms with Crippen LogP contribution >= 0.6 is 11.6 Å². The third-order valence-corrected chi connectivity index (χ3v) is 3.15. The van der Waals surface area contributed by atoms with Crippen LogP contribution in [-0.4, -0.2) is 23.5 Å². The molecule has 0 saturated heterocycles. The second-order valence-corrected chi connectivity index (χ2v) is 4.87. The van der Waals surface area contributed by atoms with E-state index in [-0.39, 0.29) is 12.3 Å². The Labute approximate surface area is 126 Å². The van der Waals surface area contributed by atoms with Gasteiger partial charge in [0.2, 0.25) is 5.91 Å². The molecule has 2 aromatic rings. The molecule has 0 spiro atoms. The van der Waals surface area contributed by atoms with Crippen LogP contribution in [0, 0.1) is 0 Å². The standard InChI is InChI=1S/C15H14ClNO4/c16-11-3-5-12(6-4-11)17(10-15(19)20)14(18)8-7-13-2-1-9-21-13/h1-6,9H,7-8,10H2,(H,19,20). The fraction of sp³-hybridized carbons (Fsp3) is 0.200. The van der Waals surface area contributed by atoms with Crippen LogP contribution in [0.25, 0.3) is 0 Å². The van der Waals surface area contributed by atoms with Crippen molar-refractivity contribution in [3.63, 3.8) is 0 Å². The molecule has 2 rings (SSSR count). The summed E-state index contributed by atoms with van der Waals surface area (Å²) < 4.78 is 5.16. The molecule has 0 aliphatic rings. The maximum atomic E-state index is 12.2. The van der Waals surface area contributed by atoms with Gasteiger partial charge in [-0.15, -0.1) is 0 Å². The van der Waals surface area contributed by atoms with Gasteiger partial charge in [0, 0.05) is 23.6 Å². The Morgan fingerprint density at radius 3 is 2.48 bits per heavy atom. The summed E-state index contributed by atoms with van der Waals surface area (Å²) in [5, 5.41) is 9.49. The lowest BCUT2D eigenvalue weighted by molar-refractivity contribution is -0.136. The highest BCUT2D eigenvalue weighted by atomic mass is 35.5. The van der Waals surface area contributed by atoms with E-state index in [1.807, 2.05) is 0 Å². The van der Waals surface area contributed by atoms with Crippen molar-refractivity contribution in [2.45, 2.75) is 12.8 Å². The average molecular weight is 308 g/mol. The number of carbonyl (C=O) groups excluding carboxylic acids is 1. The van der Waals surface area contributed by atoms with Gasteiger partial charge in [0.05, 0.1) is 6.26 Å². The lowest BCUT2D eigenvalue weighted by atomic mass is 10.2. The summed E-state index contributed by atoms with van der Waals surface area (Å²) in [6.45, 7) is -0.390. The first-order valence-electron chi connectivity index (χ1n) is 6.36. The number of carboxylic acid groups (broad SMARTS) is 1. The highest BCUT2D eigenvalue weighted by Gasteiger charge is 2.19. The summed E-state index contributed by atoms with van der Waals surface area (Å²) >= 11 is 5.80. The first kappa shape index (κ1) is 15.1. The molecule has 110 valence electrons. The van der Waals surface area contributed by atoms with Crippen LogP contribution in [0.3, 0.4) is 0 Å². The van der Waals surface area contributed by atoms with Gasteiger partial charge in [0.1, 0.15) is 12.3 Å². The Morgan fingerprint density at radius 2 is 1.90 bits per heavy atom. The number of carbonyl (C=O) groups is 2. The number of carboxylic acids is 1. The number of amides is 1. The summed E-state index contributed by atoms with van der Waals surface area (Å²) in [5.74, 6) is -0.665. The largest absolute Gasteiger partial charge is 0.480 e. The molecular weight excluding hydrogens is 294 g/mol. The van der Waals surface area contributed by atoms with E-state index in [0.29, 0.717) is 22.9 Å². The molecule has 1 N–H and O–H groups in total. The zero-order chi connectivity index (χ0) is 15.2. The van der Waals surface area contributed by atoms with Crippen molar-refractivity contribution < 1.29 is 19.1 Å². The maximum absolute atomic E-state index is 12.2. The molecule has 1 heterocycles. The van der Waals surface area contributed by atoms with E-state index in [0.717, 1.165) is 0 Å². The van der Waals surface area contributed by atoms with Gasteiger partial charge in [0.25, 0.3) is 0 Å². The molecule has 0 unspecified atom stereocenters. The molecule has 1 aromatic carbocycles. The van der Waals surface area contributed by atoms with E-state index in [1.165, 1.54) is 11.2 Å². The third-order valence-electron chi connectivity index (χ3n) is 2.90. The van der Waals surface area contributed by atoms with Crippen molar-refractivity contribution in [2.24, 2.45) is 0 Å². The topological polar surface area (TPSA) is 70.8 Å². The van der Waals surface area contributed by atoms with Gasteiger partial charge in [-0.2, -0.15) is 0 Å². The second-order valence-electron chi connectivity index (χ2n) is 4.43. The van der Waals surface area contributed by atoms with E-state index < -0.39 is 12.5 Å². The van der Waals surface area contributed by atoms with Crippen LogP contribution in [0.2, 0.25) is 5.02 Å². The number of rotatable bonds is 6. The number of furan rings is 1. The van der Waals surface area contributed by atoms with Gasteiger partial charge in [-0.1, -0.05) is 11.6 Å². The molecular formula is C15H14ClNO4. The number of hydrogen-bond donors (Lipinski definition) is 1. The van der Waals surface area contributed by atoms with Crippen molar-refractivity contribution >= 4 is 29.2 Å². The maximum Gasteiger partial charge on any atom is 0.323 e. The summed E-state index contributed by atoms with van der Waals surface area (Å²) in [6.07, 6.45) is 2.13. The highest BCUT2D eigenvalue weighted by Crippen LogP contribution is 2.19. The Kier molecular flexibility index (Phi) is 5.00. The third kappa shape index (κ3) is 4.36. The van der Waals surface area contributed by atoms with Gasteiger partial charge in [0.15, 0.2) is 0 Å². The normalized spacial score (nSPS) is 10.3. The van der Waals surface area contributed by atoms with E-state index >= 15 is 0 Å². The number of aryl methyl sites for hydroxylation is 1. The smallest absolute Gasteiger partial charge is 0.323 e. The van der Waals surface area contributed by atoms with Gasteiger partial charge >= 0.3 is 5.97 Å². The Morgan fingerprint density at radius 1 is 1.19 bits per heavy atom.